The van der Waals surface area contributed by atoms with Crippen LogP contribution in [-0.2, 0) is 6.61 Å². The number of ether oxygens (including phenoxy) is 1. The summed E-state index contributed by atoms with van der Waals surface area (Å²) in [7, 11) is 0. The van der Waals surface area contributed by atoms with Crippen LogP contribution in [0.3, 0.4) is 0 Å². The molecule has 0 saturated heterocycles. The Morgan fingerprint density at radius 2 is 1.88 bits per heavy atom. The molecule has 0 N–H and O–H groups in total. The van der Waals surface area contributed by atoms with Gasteiger partial charge in [-0.05, 0) is 29.8 Å². The minimum atomic E-state index is -0.984. The maximum absolute atomic E-state index is 13.4. The SMILES string of the molecule is Fc1cc(Br)cc(OCc2ccncc2)c1F. The zero-order valence-corrected chi connectivity index (χ0v) is 10.2. The first-order valence-corrected chi connectivity index (χ1v) is 5.62. The highest BCUT2D eigenvalue weighted by Crippen LogP contribution is 2.25. The molecular weight excluding hydrogens is 292 g/mol. The zero-order chi connectivity index (χ0) is 12.3. The predicted molar refractivity (Wildman–Crippen MR) is 62.6 cm³/mol. The molecule has 1 heterocycles. The second-order valence-corrected chi connectivity index (χ2v) is 4.26. The van der Waals surface area contributed by atoms with Crippen LogP contribution in [0.15, 0.2) is 41.1 Å². The fourth-order valence-electron chi connectivity index (χ4n) is 1.28. The summed E-state index contributed by atoms with van der Waals surface area (Å²) in [6.45, 7) is 0.162. The quantitative estimate of drug-likeness (QED) is 0.806. The highest BCUT2D eigenvalue weighted by molar-refractivity contribution is 9.10. The monoisotopic (exact) mass is 299 g/mol. The number of aromatic nitrogens is 1. The van der Waals surface area contributed by atoms with E-state index in [4.69, 9.17) is 4.74 Å². The molecule has 0 unspecified atom stereocenters. The van der Waals surface area contributed by atoms with Crippen molar-refractivity contribution in [1.29, 1.82) is 0 Å². The summed E-state index contributed by atoms with van der Waals surface area (Å²) in [6.07, 6.45) is 3.22. The average Bonchev–Trinajstić information content (AvgIpc) is 2.33. The van der Waals surface area contributed by atoms with Crippen molar-refractivity contribution >= 4 is 15.9 Å². The van der Waals surface area contributed by atoms with Gasteiger partial charge in [0.2, 0.25) is 5.82 Å². The fourth-order valence-corrected chi connectivity index (χ4v) is 1.69. The van der Waals surface area contributed by atoms with Crippen molar-refractivity contribution in [2.75, 3.05) is 0 Å². The van der Waals surface area contributed by atoms with Gasteiger partial charge in [0.15, 0.2) is 11.6 Å². The average molecular weight is 300 g/mol. The van der Waals surface area contributed by atoms with Crippen LogP contribution in [0.4, 0.5) is 8.78 Å². The second-order valence-electron chi connectivity index (χ2n) is 3.34. The van der Waals surface area contributed by atoms with Gasteiger partial charge in [0.25, 0.3) is 0 Å². The van der Waals surface area contributed by atoms with Gasteiger partial charge in [0.1, 0.15) is 6.61 Å². The minimum Gasteiger partial charge on any atom is -0.486 e. The van der Waals surface area contributed by atoms with Crippen molar-refractivity contribution in [1.82, 2.24) is 4.98 Å². The molecule has 88 valence electrons. The van der Waals surface area contributed by atoms with E-state index in [-0.39, 0.29) is 12.4 Å². The first-order valence-electron chi connectivity index (χ1n) is 4.83. The number of benzene rings is 1. The summed E-state index contributed by atoms with van der Waals surface area (Å²) in [6, 6.07) is 5.92. The van der Waals surface area contributed by atoms with Gasteiger partial charge in [0.05, 0.1) is 0 Å². The highest BCUT2D eigenvalue weighted by atomic mass is 79.9. The van der Waals surface area contributed by atoms with E-state index in [2.05, 4.69) is 20.9 Å². The van der Waals surface area contributed by atoms with Crippen molar-refractivity contribution in [3.8, 4) is 5.75 Å². The molecule has 0 bridgehead atoms. The van der Waals surface area contributed by atoms with Crippen molar-refractivity contribution in [2.24, 2.45) is 0 Å². The number of pyridine rings is 1. The molecule has 0 atom stereocenters. The summed E-state index contributed by atoms with van der Waals surface area (Å²) >= 11 is 3.08. The van der Waals surface area contributed by atoms with E-state index < -0.39 is 11.6 Å². The molecule has 0 amide bonds. The molecule has 0 aliphatic carbocycles. The smallest absolute Gasteiger partial charge is 0.200 e. The van der Waals surface area contributed by atoms with Crippen LogP contribution < -0.4 is 4.74 Å². The second kappa shape index (κ2) is 5.23. The highest BCUT2D eigenvalue weighted by Gasteiger charge is 2.11. The number of hydrogen-bond donors (Lipinski definition) is 0. The molecule has 17 heavy (non-hydrogen) atoms. The minimum absolute atomic E-state index is 0.117. The Labute approximate surface area is 105 Å². The van der Waals surface area contributed by atoms with E-state index >= 15 is 0 Å². The first-order chi connectivity index (χ1) is 8.16. The lowest BCUT2D eigenvalue weighted by Gasteiger charge is -2.08. The maximum atomic E-state index is 13.4. The van der Waals surface area contributed by atoms with Crippen molar-refractivity contribution in [2.45, 2.75) is 6.61 Å². The molecule has 0 aliphatic rings. The third kappa shape index (κ3) is 3.00. The van der Waals surface area contributed by atoms with Crippen LogP contribution >= 0.6 is 15.9 Å². The van der Waals surface area contributed by atoms with E-state index in [9.17, 15) is 8.78 Å². The number of nitrogens with zero attached hydrogens (tertiary/aromatic N) is 1. The first kappa shape index (κ1) is 12.0. The molecule has 1 aromatic carbocycles. The third-order valence-electron chi connectivity index (χ3n) is 2.10. The van der Waals surface area contributed by atoms with E-state index in [0.29, 0.717) is 4.47 Å². The van der Waals surface area contributed by atoms with Crippen molar-refractivity contribution < 1.29 is 13.5 Å². The molecule has 0 aliphatic heterocycles. The molecule has 0 fully saturated rings. The van der Waals surface area contributed by atoms with Gasteiger partial charge in [-0.2, -0.15) is 4.39 Å². The van der Waals surface area contributed by atoms with E-state index in [1.54, 1.807) is 24.5 Å². The van der Waals surface area contributed by atoms with Gasteiger partial charge in [-0.25, -0.2) is 4.39 Å². The van der Waals surface area contributed by atoms with Gasteiger partial charge < -0.3 is 4.74 Å². The third-order valence-corrected chi connectivity index (χ3v) is 2.56. The van der Waals surface area contributed by atoms with E-state index in [1.807, 2.05) is 0 Å². The molecule has 1 aromatic heterocycles. The number of halogens is 3. The Bertz CT molecular complexity index is 519. The molecule has 5 heteroatoms. The standard InChI is InChI=1S/C12H8BrF2NO/c13-9-5-10(14)12(15)11(6-9)17-7-8-1-3-16-4-2-8/h1-6H,7H2. The molecular formula is C12H8BrF2NO. The predicted octanol–water partition coefficient (Wildman–Crippen LogP) is 3.70. The number of hydrogen-bond acceptors (Lipinski definition) is 2. The molecule has 0 saturated carbocycles. The van der Waals surface area contributed by atoms with Gasteiger partial charge in [-0.3, -0.25) is 4.98 Å². The Morgan fingerprint density at radius 3 is 2.59 bits per heavy atom. The van der Waals surface area contributed by atoms with E-state index in [0.717, 1.165) is 11.6 Å². The Kier molecular flexibility index (Phi) is 3.68. The maximum Gasteiger partial charge on any atom is 0.200 e. The Hall–Kier alpha value is -1.49. The van der Waals surface area contributed by atoms with Crippen LogP contribution in [0.2, 0.25) is 0 Å². The molecule has 2 rings (SSSR count). The summed E-state index contributed by atoms with van der Waals surface area (Å²) in [4.78, 5) is 3.85. The van der Waals surface area contributed by atoms with Crippen LogP contribution in [0.1, 0.15) is 5.56 Å². The lowest BCUT2D eigenvalue weighted by Crippen LogP contribution is -1.99. The summed E-state index contributed by atoms with van der Waals surface area (Å²) in [5, 5.41) is 0. The number of rotatable bonds is 3. The van der Waals surface area contributed by atoms with Crippen molar-refractivity contribution in [3.05, 3.63) is 58.3 Å². The van der Waals surface area contributed by atoms with Crippen LogP contribution in [0.5, 0.6) is 5.75 Å². The Balaban J connectivity index is 2.14. The lowest BCUT2D eigenvalue weighted by molar-refractivity contribution is 0.284. The lowest BCUT2D eigenvalue weighted by atomic mass is 10.3. The largest absolute Gasteiger partial charge is 0.486 e. The van der Waals surface area contributed by atoms with Crippen LogP contribution in [-0.4, -0.2) is 4.98 Å². The molecule has 2 aromatic rings. The summed E-state index contributed by atoms with van der Waals surface area (Å²) < 4.78 is 32.1. The summed E-state index contributed by atoms with van der Waals surface area (Å²) in [5.74, 6) is -2.04. The van der Waals surface area contributed by atoms with Crippen LogP contribution in [0.25, 0.3) is 0 Å². The molecule has 0 radical (unpaired) electrons. The molecule has 0 spiro atoms. The molecule has 2 nitrogen and oxygen atoms in total. The van der Waals surface area contributed by atoms with Crippen molar-refractivity contribution in [3.63, 3.8) is 0 Å². The van der Waals surface area contributed by atoms with Gasteiger partial charge >= 0.3 is 0 Å². The van der Waals surface area contributed by atoms with Gasteiger partial charge in [0, 0.05) is 16.9 Å². The summed E-state index contributed by atoms with van der Waals surface area (Å²) in [5.41, 5.74) is 0.833. The van der Waals surface area contributed by atoms with Gasteiger partial charge in [-0.15, -0.1) is 0 Å². The van der Waals surface area contributed by atoms with E-state index in [1.165, 1.54) is 6.07 Å². The van der Waals surface area contributed by atoms with Crippen LogP contribution in [0, 0.1) is 11.6 Å². The topological polar surface area (TPSA) is 22.1 Å². The normalized spacial score (nSPS) is 10.3. The van der Waals surface area contributed by atoms with Gasteiger partial charge in [-0.1, -0.05) is 15.9 Å². The zero-order valence-electron chi connectivity index (χ0n) is 8.66. The Morgan fingerprint density at radius 1 is 1.18 bits per heavy atom. The fraction of sp³-hybridized carbons (Fsp3) is 0.0833.